The Balaban J connectivity index is 2.36. The second-order valence-electron chi connectivity index (χ2n) is 1.99. The number of ether oxygens (including phenoxy) is 2. The number of carbonyl (C=O) groups is 1. The minimum Gasteiger partial charge on any atom is -0.468 e. The molecule has 4 nitrogen and oxygen atoms in total. The third kappa shape index (κ3) is 2.60. The van der Waals surface area contributed by atoms with Crippen molar-refractivity contribution in [2.75, 3.05) is 20.3 Å². The summed E-state index contributed by atoms with van der Waals surface area (Å²) in [5.74, 6) is 0. The Labute approximate surface area is 74.1 Å². The van der Waals surface area contributed by atoms with E-state index in [9.17, 15) is 4.79 Å². The van der Waals surface area contributed by atoms with Gasteiger partial charge in [0, 0.05) is 7.11 Å². The van der Waals surface area contributed by atoms with Crippen LogP contribution in [0.4, 0.5) is 0 Å². The van der Waals surface area contributed by atoms with Gasteiger partial charge in [0.15, 0.2) is 6.29 Å². The smallest absolute Gasteiger partial charge is 0.273 e. The minimum atomic E-state index is 0.461. The van der Waals surface area contributed by atoms with E-state index in [-0.39, 0.29) is 0 Å². The molecule has 0 fully saturated rings. The van der Waals surface area contributed by atoms with Crippen LogP contribution in [0.1, 0.15) is 9.67 Å². The minimum absolute atomic E-state index is 0.461. The first-order valence-corrected chi connectivity index (χ1v) is 4.21. The first kappa shape index (κ1) is 9.15. The summed E-state index contributed by atoms with van der Waals surface area (Å²) in [6.45, 7) is 0.984. The average Bonchev–Trinajstić information content (AvgIpc) is 2.53. The van der Waals surface area contributed by atoms with Crippen LogP contribution in [-0.4, -0.2) is 31.6 Å². The number of rotatable bonds is 5. The molecule has 0 saturated carbocycles. The largest absolute Gasteiger partial charge is 0.468 e. The molecule has 0 spiro atoms. The van der Waals surface area contributed by atoms with E-state index in [0.717, 1.165) is 6.29 Å². The number of nitrogens with zero attached hydrogens (tertiary/aromatic N) is 1. The van der Waals surface area contributed by atoms with Crippen LogP contribution in [0.25, 0.3) is 0 Å². The fraction of sp³-hybridized carbons (Fsp3) is 0.429. The zero-order chi connectivity index (χ0) is 8.81. The van der Waals surface area contributed by atoms with E-state index in [1.54, 1.807) is 7.11 Å². The van der Waals surface area contributed by atoms with Crippen molar-refractivity contribution in [1.82, 2.24) is 4.98 Å². The van der Waals surface area contributed by atoms with Gasteiger partial charge in [-0.15, -0.1) is 0 Å². The van der Waals surface area contributed by atoms with Crippen molar-refractivity contribution in [2.24, 2.45) is 0 Å². The Kier molecular flexibility index (Phi) is 3.69. The van der Waals surface area contributed by atoms with Gasteiger partial charge in [0.05, 0.1) is 17.7 Å². The summed E-state index contributed by atoms with van der Waals surface area (Å²) in [5, 5.41) is 0.508. The average molecular weight is 187 g/mol. The van der Waals surface area contributed by atoms with Crippen molar-refractivity contribution in [3.8, 4) is 5.19 Å². The summed E-state index contributed by atoms with van der Waals surface area (Å²) in [4.78, 5) is 14.7. The molecule has 1 rings (SSSR count). The Morgan fingerprint density at radius 1 is 1.67 bits per heavy atom. The summed E-state index contributed by atoms with van der Waals surface area (Å²) < 4.78 is 9.93. The quantitative estimate of drug-likeness (QED) is 0.509. The molecule has 0 atom stereocenters. The topological polar surface area (TPSA) is 48.4 Å². The number of hydrogen-bond donors (Lipinski definition) is 0. The van der Waals surface area contributed by atoms with Crippen LogP contribution < -0.4 is 4.74 Å². The fourth-order valence-electron chi connectivity index (χ4n) is 0.603. The molecule has 0 bridgehead atoms. The molecule has 0 aliphatic carbocycles. The maximum absolute atomic E-state index is 10.2. The fourth-order valence-corrected chi connectivity index (χ4v) is 1.21. The Morgan fingerprint density at radius 2 is 2.50 bits per heavy atom. The summed E-state index contributed by atoms with van der Waals surface area (Å²) in [5.41, 5.74) is 0. The highest BCUT2D eigenvalue weighted by molar-refractivity contribution is 7.15. The van der Waals surface area contributed by atoms with Gasteiger partial charge in [-0.25, -0.2) is 4.98 Å². The number of carbonyl (C=O) groups excluding carboxylic acids is 1. The van der Waals surface area contributed by atoms with E-state index in [0.29, 0.717) is 23.3 Å². The van der Waals surface area contributed by atoms with Crippen LogP contribution in [-0.2, 0) is 4.74 Å². The molecule has 0 amide bonds. The van der Waals surface area contributed by atoms with Crippen LogP contribution in [0.2, 0.25) is 0 Å². The van der Waals surface area contributed by atoms with Crippen molar-refractivity contribution in [3.05, 3.63) is 11.1 Å². The molecule has 0 saturated heterocycles. The molecule has 1 heterocycles. The lowest BCUT2D eigenvalue weighted by molar-refractivity contribution is 0.112. The number of aldehydes is 1. The molecule has 0 N–H and O–H groups in total. The lowest BCUT2D eigenvalue weighted by Gasteiger charge is -1.98. The number of thiazole rings is 1. The van der Waals surface area contributed by atoms with Crippen molar-refractivity contribution in [3.63, 3.8) is 0 Å². The Bertz CT molecular complexity index is 249. The standard InChI is InChI=1S/C7H9NO3S/c1-10-2-3-11-7-8-4-6(5-9)12-7/h4-5H,2-3H2,1H3. The zero-order valence-electron chi connectivity index (χ0n) is 6.65. The van der Waals surface area contributed by atoms with E-state index in [1.807, 2.05) is 0 Å². The van der Waals surface area contributed by atoms with Crippen LogP contribution in [0.15, 0.2) is 6.20 Å². The molecule has 1 aromatic heterocycles. The summed E-state index contributed by atoms with van der Waals surface area (Å²) in [6, 6.07) is 0. The van der Waals surface area contributed by atoms with Crippen LogP contribution in [0.3, 0.4) is 0 Å². The van der Waals surface area contributed by atoms with Crippen LogP contribution in [0.5, 0.6) is 5.19 Å². The van der Waals surface area contributed by atoms with E-state index in [2.05, 4.69) is 4.98 Å². The predicted molar refractivity (Wildman–Crippen MR) is 44.9 cm³/mol. The molecule has 0 radical (unpaired) electrons. The summed E-state index contributed by atoms with van der Waals surface area (Å²) in [7, 11) is 1.60. The van der Waals surface area contributed by atoms with E-state index < -0.39 is 0 Å². The molecule has 0 unspecified atom stereocenters. The van der Waals surface area contributed by atoms with Gasteiger partial charge in [-0.3, -0.25) is 4.79 Å². The molecular formula is C7H9NO3S. The second-order valence-corrected chi connectivity index (χ2v) is 3.01. The first-order valence-electron chi connectivity index (χ1n) is 3.39. The van der Waals surface area contributed by atoms with Crippen molar-refractivity contribution >= 4 is 17.6 Å². The Morgan fingerprint density at radius 3 is 3.08 bits per heavy atom. The van der Waals surface area contributed by atoms with E-state index in [4.69, 9.17) is 9.47 Å². The third-order valence-electron chi connectivity index (χ3n) is 1.13. The third-order valence-corrected chi connectivity index (χ3v) is 1.97. The van der Waals surface area contributed by atoms with Crippen molar-refractivity contribution < 1.29 is 14.3 Å². The number of aromatic nitrogens is 1. The molecular weight excluding hydrogens is 178 g/mol. The summed E-state index contributed by atoms with van der Waals surface area (Å²) >= 11 is 1.23. The van der Waals surface area contributed by atoms with Gasteiger partial charge in [-0.05, 0) is 0 Å². The highest BCUT2D eigenvalue weighted by atomic mass is 32.1. The van der Waals surface area contributed by atoms with Gasteiger partial charge in [0.1, 0.15) is 6.61 Å². The maximum atomic E-state index is 10.2. The molecule has 12 heavy (non-hydrogen) atoms. The molecule has 5 heteroatoms. The molecule has 0 aliphatic heterocycles. The predicted octanol–water partition coefficient (Wildman–Crippen LogP) is 0.981. The maximum Gasteiger partial charge on any atom is 0.273 e. The van der Waals surface area contributed by atoms with Gasteiger partial charge >= 0.3 is 0 Å². The van der Waals surface area contributed by atoms with Gasteiger partial charge in [-0.2, -0.15) is 0 Å². The van der Waals surface area contributed by atoms with Gasteiger partial charge in [0.25, 0.3) is 5.19 Å². The van der Waals surface area contributed by atoms with Crippen LogP contribution >= 0.6 is 11.3 Å². The van der Waals surface area contributed by atoms with Gasteiger partial charge in [0.2, 0.25) is 0 Å². The highest BCUT2D eigenvalue weighted by Gasteiger charge is 2.00. The van der Waals surface area contributed by atoms with Gasteiger partial charge in [-0.1, -0.05) is 11.3 Å². The molecule has 0 aliphatic rings. The lowest BCUT2D eigenvalue weighted by Crippen LogP contribution is -2.03. The summed E-state index contributed by atoms with van der Waals surface area (Å²) in [6.07, 6.45) is 2.24. The molecule has 0 aromatic carbocycles. The SMILES string of the molecule is COCCOc1ncc(C=O)s1. The van der Waals surface area contributed by atoms with E-state index in [1.165, 1.54) is 17.5 Å². The van der Waals surface area contributed by atoms with Crippen molar-refractivity contribution in [1.29, 1.82) is 0 Å². The Hall–Kier alpha value is -0.940. The molecule has 1 aromatic rings. The van der Waals surface area contributed by atoms with Crippen LogP contribution in [0, 0.1) is 0 Å². The lowest BCUT2D eigenvalue weighted by atomic mass is 10.6. The monoisotopic (exact) mass is 187 g/mol. The number of hydrogen-bond acceptors (Lipinski definition) is 5. The zero-order valence-corrected chi connectivity index (χ0v) is 7.47. The van der Waals surface area contributed by atoms with Gasteiger partial charge < -0.3 is 9.47 Å². The molecule has 66 valence electrons. The second kappa shape index (κ2) is 4.84. The first-order chi connectivity index (χ1) is 5.86. The number of methoxy groups -OCH3 is 1. The normalized spacial score (nSPS) is 9.75. The highest BCUT2D eigenvalue weighted by Crippen LogP contribution is 2.18. The van der Waals surface area contributed by atoms with Crippen molar-refractivity contribution in [2.45, 2.75) is 0 Å². The van der Waals surface area contributed by atoms with E-state index >= 15 is 0 Å².